The summed E-state index contributed by atoms with van der Waals surface area (Å²) < 4.78 is 44.3. The molecule has 1 unspecified atom stereocenters. The van der Waals surface area contributed by atoms with E-state index in [9.17, 15) is 18.0 Å². The first kappa shape index (κ1) is 24.1. The molecule has 1 aliphatic heterocycles. The predicted octanol–water partition coefficient (Wildman–Crippen LogP) is 4.55. The molecule has 1 amide bonds. The van der Waals surface area contributed by atoms with Crippen molar-refractivity contribution >= 4 is 17.2 Å². The van der Waals surface area contributed by atoms with Gasteiger partial charge < -0.3 is 15.4 Å². The lowest BCUT2D eigenvalue weighted by Crippen LogP contribution is -2.34. The number of ether oxygens (including phenoxy) is 1. The summed E-state index contributed by atoms with van der Waals surface area (Å²) in [5, 5.41) is 6.87. The largest absolute Gasteiger partial charge is 0.490 e. The van der Waals surface area contributed by atoms with Crippen molar-refractivity contribution in [3.8, 4) is 16.3 Å². The van der Waals surface area contributed by atoms with Gasteiger partial charge in [-0.15, -0.1) is 11.3 Å². The summed E-state index contributed by atoms with van der Waals surface area (Å²) >= 11 is 1.51. The van der Waals surface area contributed by atoms with E-state index in [1.54, 1.807) is 25.3 Å². The molecule has 34 heavy (non-hydrogen) atoms. The highest BCUT2D eigenvalue weighted by atomic mass is 32.1. The molecule has 4 rings (SSSR count). The van der Waals surface area contributed by atoms with Crippen LogP contribution >= 0.6 is 11.3 Å². The van der Waals surface area contributed by atoms with Crippen LogP contribution in [0.2, 0.25) is 0 Å². The Morgan fingerprint density at radius 1 is 1.15 bits per heavy atom. The maximum absolute atomic E-state index is 13.1. The van der Waals surface area contributed by atoms with Gasteiger partial charge in [-0.1, -0.05) is 0 Å². The molecule has 0 spiro atoms. The Hall–Kier alpha value is -3.05. The molecular formula is C23H24F3N5O2S. The number of aromatic nitrogens is 3. The van der Waals surface area contributed by atoms with Crippen molar-refractivity contribution in [3.05, 3.63) is 58.6 Å². The van der Waals surface area contributed by atoms with Gasteiger partial charge in [0.1, 0.15) is 16.9 Å². The van der Waals surface area contributed by atoms with Gasteiger partial charge in [-0.05, 0) is 58.0 Å². The second-order valence-electron chi connectivity index (χ2n) is 8.12. The molecule has 11 heteroatoms. The fourth-order valence-electron chi connectivity index (χ4n) is 3.59. The minimum absolute atomic E-state index is 0.0497. The van der Waals surface area contributed by atoms with E-state index in [4.69, 9.17) is 4.74 Å². The van der Waals surface area contributed by atoms with E-state index >= 15 is 0 Å². The molecule has 1 fully saturated rings. The van der Waals surface area contributed by atoms with Crippen LogP contribution in [-0.4, -0.2) is 40.1 Å². The quantitative estimate of drug-likeness (QED) is 0.526. The Labute approximate surface area is 198 Å². The third kappa shape index (κ3) is 5.89. The molecule has 0 aliphatic carbocycles. The Bertz CT molecular complexity index is 1140. The van der Waals surface area contributed by atoms with Crippen molar-refractivity contribution in [2.75, 3.05) is 13.1 Å². The number of halogens is 3. The SMILES string of the molecule is Cc1cnc(-c2cc(OC3CCNCC3)cc(C(=O)NC(C)c3cnc(C(F)(F)F)nc3)c2)s1. The van der Waals surface area contributed by atoms with Gasteiger partial charge in [0, 0.05) is 40.2 Å². The molecule has 7 nitrogen and oxygen atoms in total. The number of amides is 1. The van der Waals surface area contributed by atoms with Crippen molar-refractivity contribution in [2.24, 2.45) is 0 Å². The van der Waals surface area contributed by atoms with Crippen LogP contribution in [0.3, 0.4) is 0 Å². The van der Waals surface area contributed by atoms with Crippen LogP contribution in [0.5, 0.6) is 5.75 Å². The zero-order valence-corrected chi connectivity index (χ0v) is 19.5. The molecule has 0 bridgehead atoms. The number of carbonyl (C=O) groups is 1. The second-order valence-corrected chi connectivity index (χ2v) is 9.36. The highest BCUT2D eigenvalue weighted by molar-refractivity contribution is 7.14. The topological polar surface area (TPSA) is 89.0 Å². The van der Waals surface area contributed by atoms with Gasteiger partial charge in [0.2, 0.25) is 5.82 Å². The molecule has 0 saturated carbocycles. The van der Waals surface area contributed by atoms with Crippen LogP contribution in [0.25, 0.3) is 10.6 Å². The van der Waals surface area contributed by atoms with E-state index in [1.807, 2.05) is 13.0 Å². The predicted molar refractivity (Wildman–Crippen MR) is 122 cm³/mol. The number of thiazole rings is 1. The maximum Gasteiger partial charge on any atom is 0.451 e. The number of benzene rings is 1. The first-order valence-corrected chi connectivity index (χ1v) is 11.7. The number of rotatable bonds is 6. The number of piperidine rings is 1. The van der Waals surface area contributed by atoms with Gasteiger partial charge in [0.05, 0.1) is 6.04 Å². The van der Waals surface area contributed by atoms with Crippen LogP contribution in [0.15, 0.2) is 36.8 Å². The minimum Gasteiger partial charge on any atom is -0.490 e. The van der Waals surface area contributed by atoms with E-state index in [1.165, 1.54) is 11.3 Å². The van der Waals surface area contributed by atoms with E-state index < -0.39 is 23.9 Å². The number of aryl methyl sites for hydroxylation is 1. The highest BCUT2D eigenvalue weighted by Crippen LogP contribution is 2.31. The Kier molecular flexibility index (Phi) is 7.13. The molecule has 1 saturated heterocycles. The Morgan fingerprint density at radius 2 is 1.85 bits per heavy atom. The van der Waals surface area contributed by atoms with E-state index in [2.05, 4.69) is 25.6 Å². The first-order valence-electron chi connectivity index (χ1n) is 10.8. The number of nitrogens with one attached hydrogen (secondary N) is 2. The number of hydrogen-bond donors (Lipinski definition) is 2. The van der Waals surface area contributed by atoms with Gasteiger partial charge >= 0.3 is 6.18 Å². The third-order valence-corrected chi connectivity index (χ3v) is 6.36. The number of carbonyl (C=O) groups excluding carboxylic acids is 1. The minimum atomic E-state index is -4.62. The third-order valence-electron chi connectivity index (χ3n) is 5.40. The Balaban J connectivity index is 1.56. The molecular weight excluding hydrogens is 467 g/mol. The van der Waals surface area contributed by atoms with E-state index in [-0.39, 0.29) is 6.10 Å². The lowest BCUT2D eigenvalue weighted by Gasteiger charge is -2.24. The van der Waals surface area contributed by atoms with Gasteiger partial charge in [-0.3, -0.25) is 4.79 Å². The number of hydrogen-bond acceptors (Lipinski definition) is 7. The zero-order valence-electron chi connectivity index (χ0n) is 18.6. The van der Waals surface area contributed by atoms with Crippen LogP contribution in [0.1, 0.15) is 52.4 Å². The monoisotopic (exact) mass is 491 g/mol. The molecule has 3 aromatic rings. The summed E-state index contributed by atoms with van der Waals surface area (Å²) in [7, 11) is 0. The normalized spacial score (nSPS) is 15.7. The summed E-state index contributed by atoms with van der Waals surface area (Å²) in [5.74, 6) is -1.04. The lowest BCUT2D eigenvalue weighted by atomic mass is 10.1. The average molecular weight is 492 g/mol. The van der Waals surface area contributed by atoms with Crippen LogP contribution in [0.4, 0.5) is 13.2 Å². The lowest BCUT2D eigenvalue weighted by molar-refractivity contribution is -0.145. The molecule has 1 aromatic carbocycles. The summed E-state index contributed by atoms with van der Waals surface area (Å²) in [5.41, 5.74) is 1.49. The van der Waals surface area contributed by atoms with Gasteiger partial charge in [-0.2, -0.15) is 13.2 Å². The molecule has 180 valence electrons. The van der Waals surface area contributed by atoms with Gasteiger partial charge in [-0.25, -0.2) is 15.0 Å². The number of alkyl halides is 3. The molecule has 3 heterocycles. The fraction of sp³-hybridized carbons (Fsp3) is 0.391. The van der Waals surface area contributed by atoms with Gasteiger partial charge in [0.25, 0.3) is 5.91 Å². The van der Waals surface area contributed by atoms with Crippen molar-refractivity contribution in [1.29, 1.82) is 0 Å². The number of nitrogens with zero attached hydrogens (tertiary/aromatic N) is 3. The van der Waals surface area contributed by atoms with Gasteiger partial charge in [0.15, 0.2) is 0 Å². The van der Waals surface area contributed by atoms with Crippen LogP contribution < -0.4 is 15.4 Å². The summed E-state index contributed by atoms with van der Waals surface area (Å²) in [4.78, 5) is 25.3. The average Bonchev–Trinajstić information content (AvgIpc) is 3.25. The molecule has 1 aliphatic rings. The second kappa shape index (κ2) is 10.1. The fourth-order valence-corrected chi connectivity index (χ4v) is 4.34. The zero-order chi connectivity index (χ0) is 24.3. The van der Waals surface area contributed by atoms with Crippen molar-refractivity contribution in [3.63, 3.8) is 0 Å². The first-order chi connectivity index (χ1) is 16.2. The van der Waals surface area contributed by atoms with E-state index in [0.717, 1.165) is 53.8 Å². The van der Waals surface area contributed by atoms with Crippen molar-refractivity contribution in [2.45, 2.75) is 45.0 Å². The molecule has 0 radical (unpaired) electrons. The standard InChI is InChI=1S/C23H24F3N5O2S/c1-13-10-28-21(34-13)16-7-15(8-19(9-16)33-18-3-5-27-6-4-18)20(32)31-14(2)17-11-29-22(30-12-17)23(24,25)26/h7-12,14,18,27H,3-6H2,1-2H3,(H,31,32). The molecule has 2 N–H and O–H groups in total. The summed E-state index contributed by atoms with van der Waals surface area (Å²) in [6.07, 6.45) is 1.08. The van der Waals surface area contributed by atoms with E-state index in [0.29, 0.717) is 16.9 Å². The summed E-state index contributed by atoms with van der Waals surface area (Å²) in [6, 6.07) is 4.69. The van der Waals surface area contributed by atoms with Crippen LogP contribution in [-0.2, 0) is 6.18 Å². The Morgan fingerprint density at radius 3 is 2.47 bits per heavy atom. The molecule has 2 aromatic heterocycles. The smallest absolute Gasteiger partial charge is 0.451 e. The van der Waals surface area contributed by atoms with Crippen molar-refractivity contribution < 1.29 is 22.7 Å². The highest BCUT2D eigenvalue weighted by Gasteiger charge is 2.34. The van der Waals surface area contributed by atoms with Crippen LogP contribution in [0, 0.1) is 6.92 Å². The maximum atomic E-state index is 13.1. The van der Waals surface area contributed by atoms with Crippen molar-refractivity contribution in [1.82, 2.24) is 25.6 Å². The molecule has 1 atom stereocenters. The summed E-state index contributed by atoms with van der Waals surface area (Å²) in [6.45, 7) is 5.36.